The SMILES string of the molecule is CCNc1ncnc(NCC2CCC(C)CC2)c1CC. The first-order chi connectivity index (χ1) is 9.74. The first-order valence-corrected chi connectivity index (χ1v) is 8.06. The number of nitrogens with one attached hydrogen (secondary N) is 2. The van der Waals surface area contributed by atoms with E-state index in [1.54, 1.807) is 6.33 Å². The van der Waals surface area contributed by atoms with Crippen molar-refractivity contribution in [2.75, 3.05) is 23.7 Å². The van der Waals surface area contributed by atoms with E-state index in [0.29, 0.717) is 0 Å². The van der Waals surface area contributed by atoms with Crippen LogP contribution in [0.2, 0.25) is 0 Å². The van der Waals surface area contributed by atoms with Gasteiger partial charge in [0.15, 0.2) is 0 Å². The van der Waals surface area contributed by atoms with Crippen molar-refractivity contribution in [3.05, 3.63) is 11.9 Å². The van der Waals surface area contributed by atoms with Crippen molar-refractivity contribution in [3.8, 4) is 0 Å². The van der Waals surface area contributed by atoms with Crippen LogP contribution in [0.15, 0.2) is 6.33 Å². The molecule has 0 amide bonds. The summed E-state index contributed by atoms with van der Waals surface area (Å²) < 4.78 is 0. The quantitative estimate of drug-likeness (QED) is 0.831. The Balaban J connectivity index is 1.96. The second-order valence-corrected chi connectivity index (χ2v) is 5.94. The third-order valence-corrected chi connectivity index (χ3v) is 4.34. The molecule has 0 unspecified atom stereocenters. The number of hydrogen-bond donors (Lipinski definition) is 2. The van der Waals surface area contributed by atoms with E-state index in [4.69, 9.17) is 0 Å². The summed E-state index contributed by atoms with van der Waals surface area (Å²) in [6, 6.07) is 0. The van der Waals surface area contributed by atoms with Crippen LogP contribution in [0, 0.1) is 11.8 Å². The monoisotopic (exact) mass is 276 g/mol. The summed E-state index contributed by atoms with van der Waals surface area (Å²) in [5.74, 6) is 3.70. The number of rotatable bonds is 6. The molecule has 2 N–H and O–H groups in total. The van der Waals surface area contributed by atoms with E-state index in [-0.39, 0.29) is 0 Å². The Labute approximate surface area is 122 Å². The van der Waals surface area contributed by atoms with Gasteiger partial charge < -0.3 is 10.6 Å². The molecule has 0 saturated heterocycles. The largest absolute Gasteiger partial charge is 0.370 e. The zero-order chi connectivity index (χ0) is 14.4. The highest BCUT2D eigenvalue weighted by Gasteiger charge is 2.18. The van der Waals surface area contributed by atoms with E-state index in [1.807, 2.05) is 0 Å². The van der Waals surface area contributed by atoms with Crippen molar-refractivity contribution < 1.29 is 0 Å². The normalized spacial score (nSPS) is 22.6. The van der Waals surface area contributed by atoms with E-state index < -0.39 is 0 Å². The van der Waals surface area contributed by atoms with Gasteiger partial charge in [-0.2, -0.15) is 0 Å². The van der Waals surface area contributed by atoms with Gasteiger partial charge in [-0.05, 0) is 38.0 Å². The van der Waals surface area contributed by atoms with E-state index in [9.17, 15) is 0 Å². The minimum atomic E-state index is 0.799. The molecule has 0 aromatic carbocycles. The topological polar surface area (TPSA) is 49.8 Å². The molecule has 2 rings (SSSR count). The molecule has 1 saturated carbocycles. The van der Waals surface area contributed by atoms with Gasteiger partial charge in [-0.15, -0.1) is 0 Å². The van der Waals surface area contributed by atoms with Crippen molar-refractivity contribution in [3.63, 3.8) is 0 Å². The second-order valence-electron chi connectivity index (χ2n) is 5.94. The highest BCUT2D eigenvalue weighted by Crippen LogP contribution is 2.29. The highest BCUT2D eigenvalue weighted by atomic mass is 15.1. The first-order valence-electron chi connectivity index (χ1n) is 8.06. The van der Waals surface area contributed by atoms with Crippen LogP contribution in [0.25, 0.3) is 0 Å². The Morgan fingerprint density at radius 1 is 1.05 bits per heavy atom. The van der Waals surface area contributed by atoms with Gasteiger partial charge >= 0.3 is 0 Å². The molecule has 4 heteroatoms. The van der Waals surface area contributed by atoms with Crippen LogP contribution in [0.5, 0.6) is 0 Å². The summed E-state index contributed by atoms with van der Waals surface area (Å²) in [5, 5.41) is 6.88. The van der Waals surface area contributed by atoms with E-state index in [0.717, 1.165) is 43.0 Å². The molecule has 1 aliphatic rings. The molecule has 0 radical (unpaired) electrons. The van der Waals surface area contributed by atoms with E-state index >= 15 is 0 Å². The van der Waals surface area contributed by atoms with Crippen LogP contribution in [0.1, 0.15) is 52.0 Å². The second kappa shape index (κ2) is 7.46. The summed E-state index contributed by atoms with van der Waals surface area (Å²) in [6.45, 7) is 8.56. The van der Waals surface area contributed by atoms with Crippen molar-refractivity contribution >= 4 is 11.6 Å². The van der Waals surface area contributed by atoms with Gasteiger partial charge in [0.05, 0.1) is 0 Å². The molecule has 112 valence electrons. The molecule has 1 aliphatic carbocycles. The first kappa shape index (κ1) is 15.1. The molecule has 20 heavy (non-hydrogen) atoms. The summed E-state index contributed by atoms with van der Waals surface area (Å²) in [6.07, 6.45) is 8.05. The molecule has 1 aromatic rings. The molecular formula is C16H28N4. The van der Waals surface area contributed by atoms with E-state index in [2.05, 4.69) is 41.4 Å². The Kier molecular flexibility index (Phi) is 5.62. The van der Waals surface area contributed by atoms with E-state index in [1.165, 1.54) is 31.2 Å². The van der Waals surface area contributed by atoms with Gasteiger partial charge in [0.2, 0.25) is 0 Å². The zero-order valence-electron chi connectivity index (χ0n) is 13.1. The fourth-order valence-corrected chi connectivity index (χ4v) is 2.99. The van der Waals surface area contributed by atoms with Crippen molar-refractivity contribution in [2.45, 2.75) is 52.9 Å². The smallest absolute Gasteiger partial charge is 0.134 e. The standard InChI is InChI=1S/C16H28N4/c1-4-14-15(17-5-2)19-11-20-16(14)18-10-13-8-6-12(3)7-9-13/h11-13H,4-10H2,1-3H3,(H2,17,18,19,20). The zero-order valence-corrected chi connectivity index (χ0v) is 13.1. The molecule has 1 fully saturated rings. The summed E-state index contributed by atoms with van der Waals surface area (Å²) >= 11 is 0. The van der Waals surface area contributed by atoms with Gasteiger partial charge in [-0.1, -0.05) is 26.7 Å². The Morgan fingerprint density at radius 2 is 1.70 bits per heavy atom. The van der Waals surface area contributed by atoms with Crippen LogP contribution in [0.4, 0.5) is 11.6 Å². The lowest BCUT2D eigenvalue weighted by molar-refractivity contribution is 0.300. The molecule has 1 heterocycles. The summed E-state index contributed by atoms with van der Waals surface area (Å²) in [7, 11) is 0. The Hall–Kier alpha value is -1.32. The number of nitrogens with zero attached hydrogens (tertiary/aromatic N) is 2. The molecule has 0 aliphatic heterocycles. The maximum Gasteiger partial charge on any atom is 0.134 e. The molecule has 4 nitrogen and oxygen atoms in total. The highest BCUT2D eigenvalue weighted by molar-refractivity contribution is 5.57. The van der Waals surface area contributed by atoms with Gasteiger partial charge in [0.1, 0.15) is 18.0 Å². The summed E-state index contributed by atoms with van der Waals surface area (Å²) in [4.78, 5) is 8.77. The van der Waals surface area contributed by atoms with Gasteiger partial charge in [-0.25, -0.2) is 9.97 Å². The lowest BCUT2D eigenvalue weighted by Crippen LogP contribution is -2.21. The van der Waals surface area contributed by atoms with Crippen LogP contribution >= 0.6 is 0 Å². The third-order valence-electron chi connectivity index (χ3n) is 4.34. The number of aromatic nitrogens is 2. The minimum absolute atomic E-state index is 0.799. The third kappa shape index (κ3) is 3.84. The lowest BCUT2D eigenvalue weighted by Gasteiger charge is -2.26. The van der Waals surface area contributed by atoms with Gasteiger partial charge in [0, 0.05) is 18.7 Å². The Morgan fingerprint density at radius 3 is 2.30 bits per heavy atom. The molecule has 0 bridgehead atoms. The number of anilines is 2. The fourth-order valence-electron chi connectivity index (χ4n) is 2.99. The van der Waals surface area contributed by atoms with Crippen LogP contribution < -0.4 is 10.6 Å². The lowest BCUT2D eigenvalue weighted by atomic mass is 9.83. The van der Waals surface area contributed by atoms with Gasteiger partial charge in [-0.3, -0.25) is 0 Å². The van der Waals surface area contributed by atoms with Crippen molar-refractivity contribution in [1.82, 2.24) is 9.97 Å². The van der Waals surface area contributed by atoms with Crippen LogP contribution in [-0.4, -0.2) is 23.1 Å². The van der Waals surface area contributed by atoms with Crippen molar-refractivity contribution in [2.24, 2.45) is 11.8 Å². The van der Waals surface area contributed by atoms with Gasteiger partial charge in [0.25, 0.3) is 0 Å². The maximum absolute atomic E-state index is 4.43. The molecular weight excluding hydrogens is 248 g/mol. The Bertz CT molecular complexity index is 411. The fraction of sp³-hybridized carbons (Fsp3) is 0.750. The average Bonchev–Trinajstić information content (AvgIpc) is 2.47. The predicted molar refractivity (Wildman–Crippen MR) is 85.2 cm³/mol. The molecule has 0 spiro atoms. The maximum atomic E-state index is 4.43. The molecule has 0 atom stereocenters. The summed E-state index contributed by atoms with van der Waals surface area (Å²) in [5.41, 5.74) is 1.21. The predicted octanol–water partition coefficient (Wildman–Crippen LogP) is 3.71. The average molecular weight is 276 g/mol. The number of hydrogen-bond acceptors (Lipinski definition) is 4. The van der Waals surface area contributed by atoms with Crippen LogP contribution in [0.3, 0.4) is 0 Å². The van der Waals surface area contributed by atoms with Crippen molar-refractivity contribution in [1.29, 1.82) is 0 Å². The minimum Gasteiger partial charge on any atom is -0.370 e. The van der Waals surface area contributed by atoms with Crippen LogP contribution in [-0.2, 0) is 6.42 Å². The molecule has 1 aromatic heterocycles.